The van der Waals surface area contributed by atoms with Crippen LogP contribution in [0, 0.1) is 0 Å². The predicted molar refractivity (Wildman–Crippen MR) is 118 cm³/mol. The van der Waals surface area contributed by atoms with Gasteiger partial charge in [-0.2, -0.15) is 0 Å². The van der Waals surface area contributed by atoms with Gasteiger partial charge in [0.2, 0.25) is 5.91 Å². The summed E-state index contributed by atoms with van der Waals surface area (Å²) in [7, 11) is 3.47. The molecule has 0 radical (unpaired) electrons. The lowest BCUT2D eigenvalue weighted by Crippen LogP contribution is -2.28. The number of hydrogen-bond acceptors (Lipinski definition) is 5. The zero-order valence-corrected chi connectivity index (χ0v) is 18.1. The third-order valence-electron chi connectivity index (χ3n) is 5.22. The van der Waals surface area contributed by atoms with Crippen molar-refractivity contribution in [1.29, 1.82) is 0 Å². The molecule has 1 aliphatic carbocycles. The molecule has 0 saturated heterocycles. The van der Waals surface area contributed by atoms with Crippen molar-refractivity contribution in [2.24, 2.45) is 0 Å². The quantitative estimate of drug-likeness (QED) is 0.489. The molecule has 1 aliphatic rings. The van der Waals surface area contributed by atoms with Crippen LogP contribution in [0.4, 0.5) is 0 Å². The zero-order valence-electron chi connectivity index (χ0n) is 17.3. The van der Waals surface area contributed by atoms with Gasteiger partial charge in [0.05, 0.1) is 19.4 Å². The fraction of sp³-hybridized carbons (Fsp3) is 0.348. The molecule has 6 nitrogen and oxygen atoms in total. The van der Waals surface area contributed by atoms with Gasteiger partial charge in [-0.1, -0.05) is 60.3 Å². The Hall–Kier alpha value is -2.80. The fourth-order valence-corrected chi connectivity index (χ4v) is 4.26. The van der Waals surface area contributed by atoms with E-state index in [2.05, 4.69) is 26.9 Å². The van der Waals surface area contributed by atoms with Crippen LogP contribution in [0.2, 0.25) is 0 Å². The first-order valence-corrected chi connectivity index (χ1v) is 11.1. The van der Waals surface area contributed by atoms with E-state index in [9.17, 15) is 4.79 Å². The molecule has 0 bridgehead atoms. The lowest BCUT2D eigenvalue weighted by Gasteiger charge is -2.18. The summed E-state index contributed by atoms with van der Waals surface area (Å²) in [4.78, 5) is 14.5. The topological polar surface area (TPSA) is 60.2 Å². The molecule has 0 aliphatic heterocycles. The Morgan fingerprint density at radius 2 is 1.87 bits per heavy atom. The van der Waals surface area contributed by atoms with Crippen LogP contribution in [-0.4, -0.2) is 45.5 Å². The van der Waals surface area contributed by atoms with Gasteiger partial charge in [-0.05, 0) is 24.5 Å². The first kappa shape index (κ1) is 20.5. The molecule has 30 heavy (non-hydrogen) atoms. The van der Waals surface area contributed by atoms with E-state index in [4.69, 9.17) is 4.74 Å². The van der Waals surface area contributed by atoms with Crippen molar-refractivity contribution in [1.82, 2.24) is 19.7 Å². The monoisotopic (exact) mass is 422 g/mol. The summed E-state index contributed by atoms with van der Waals surface area (Å²) in [5.41, 5.74) is 2.20. The van der Waals surface area contributed by atoms with Crippen LogP contribution in [0.25, 0.3) is 0 Å². The Kier molecular flexibility index (Phi) is 6.38. The molecule has 4 rings (SSSR count). The molecular weight excluding hydrogens is 396 g/mol. The molecule has 0 N–H and O–H groups in total. The molecule has 0 unspecified atom stereocenters. The smallest absolute Gasteiger partial charge is 0.233 e. The Balaban J connectivity index is 1.42. The van der Waals surface area contributed by atoms with Gasteiger partial charge >= 0.3 is 0 Å². The number of rotatable bonds is 9. The van der Waals surface area contributed by atoms with E-state index < -0.39 is 0 Å². The molecule has 1 saturated carbocycles. The van der Waals surface area contributed by atoms with E-state index in [-0.39, 0.29) is 5.91 Å². The SMILES string of the molecule is COc1ccccc1CN(C)C(=O)CSc1nnc(C2CC2)n1Cc1ccccc1. The molecule has 0 atom stereocenters. The summed E-state index contributed by atoms with van der Waals surface area (Å²) in [6, 6.07) is 18.1. The second-order valence-corrected chi connectivity index (χ2v) is 8.48. The normalized spacial score (nSPS) is 13.3. The molecule has 1 aromatic heterocycles. The van der Waals surface area contributed by atoms with Crippen molar-refractivity contribution in [3.05, 3.63) is 71.5 Å². The number of para-hydroxylation sites is 1. The van der Waals surface area contributed by atoms with Crippen molar-refractivity contribution in [2.75, 3.05) is 19.9 Å². The van der Waals surface area contributed by atoms with Gasteiger partial charge in [-0.25, -0.2) is 0 Å². The van der Waals surface area contributed by atoms with E-state index in [0.717, 1.165) is 41.7 Å². The Morgan fingerprint density at radius 1 is 1.13 bits per heavy atom. The number of amides is 1. The van der Waals surface area contributed by atoms with Gasteiger partial charge in [0.1, 0.15) is 11.6 Å². The number of carbonyl (C=O) groups excluding carboxylic acids is 1. The molecular formula is C23H26N4O2S. The second kappa shape index (κ2) is 9.34. The molecule has 1 amide bonds. The summed E-state index contributed by atoms with van der Waals surface area (Å²) in [6.45, 7) is 1.24. The average Bonchev–Trinajstić information content (AvgIpc) is 3.54. The highest BCUT2D eigenvalue weighted by molar-refractivity contribution is 7.99. The van der Waals surface area contributed by atoms with Crippen LogP contribution < -0.4 is 4.74 Å². The van der Waals surface area contributed by atoms with Crippen LogP contribution in [0.1, 0.15) is 35.7 Å². The number of aromatic nitrogens is 3. The highest BCUT2D eigenvalue weighted by Crippen LogP contribution is 2.40. The summed E-state index contributed by atoms with van der Waals surface area (Å²) >= 11 is 1.46. The van der Waals surface area contributed by atoms with E-state index in [1.807, 2.05) is 49.5 Å². The highest BCUT2D eigenvalue weighted by atomic mass is 32.2. The average molecular weight is 423 g/mol. The molecule has 7 heteroatoms. The van der Waals surface area contributed by atoms with E-state index in [1.165, 1.54) is 17.3 Å². The summed E-state index contributed by atoms with van der Waals surface area (Å²) < 4.78 is 7.57. The van der Waals surface area contributed by atoms with Crippen molar-refractivity contribution >= 4 is 17.7 Å². The van der Waals surface area contributed by atoms with Gasteiger partial charge < -0.3 is 14.2 Å². The Labute approximate surface area is 181 Å². The molecule has 3 aromatic rings. The minimum Gasteiger partial charge on any atom is -0.496 e. The predicted octanol–water partition coefficient (Wildman–Crippen LogP) is 3.96. The molecule has 1 heterocycles. The highest BCUT2D eigenvalue weighted by Gasteiger charge is 2.30. The maximum absolute atomic E-state index is 12.7. The van der Waals surface area contributed by atoms with Crippen LogP contribution in [0.3, 0.4) is 0 Å². The fourth-order valence-electron chi connectivity index (χ4n) is 3.38. The lowest BCUT2D eigenvalue weighted by atomic mass is 10.2. The number of nitrogens with zero attached hydrogens (tertiary/aromatic N) is 4. The standard InChI is InChI=1S/C23H26N4O2S/c1-26(15-19-10-6-7-11-20(19)29-2)21(28)16-30-23-25-24-22(18-12-13-18)27(23)14-17-8-4-3-5-9-17/h3-11,18H,12-16H2,1-2H3. The van der Waals surface area contributed by atoms with Crippen LogP contribution in [-0.2, 0) is 17.9 Å². The number of methoxy groups -OCH3 is 1. The zero-order chi connectivity index (χ0) is 20.9. The lowest BCUT2D eigenvalue weighted by molar-refractivity contribution is -0.127. The summed E-state index contributed by atoms with van der Waals surface area (Å²) in [6.07, 6.45) is 2.33. The number of hydrogen-bond donors (Lipinski definition) is 0. The minimum absolute atomic E-state index is 0.0492. The Morgan fingerprint density at radius 3 is 2.60 bits per heavy atom. The first-order chi connectivity index (χ1) is 14.7. The third kappa shape index (κ3) is 4.84. The van der Waals surface area contributed by atoms with Crippen LogP contribution in [0.15, 0.2) is 59.8 Å². The van der Waals surface area contributed by atoms with E-state index in [1.54, 1.807) is 12.0 Å². The number of thioether (sulfide) groups is 1. The minimum atomic E-state index is 0.0492. The van der Waals surface area contributed by atoms with Crippen molar-refractivity contribution in [3.8, 4) is 5.75 Å². The maximum Gasteiger partial charge on any atom is 0.233 e. The van der Waals surface area contributed by atoms with Gasteiger partial charge in [0.25, 0.3) is 0 Å². The Bertz CT molecular complexity index is 1000. The summed E-state index contributed by atoms with van der Waals surface area (Å²) in [5.74, 6) is 2.70. The van der Waals surface area contributed by atoms with E-state index >= 15 is 0 Å². The van der Waals surface area contributed by atoms with Crippen LogP contribution >= 0.6 is 11.8 Å². The second-order valence-electron chi connectivity index (χ2n) is 7.54. The first-order valence-electron chi connectivity index (χ1n) is 10.1. The van der Waals surface area contributed by atoms with Gasteiger partial charge in [0.15, 0.2) is 5.16 Å². The van der Waals surface area contributed by atoms with Crippen molar-refractivity contribution in [3.63, 3.8) is 0 Å². The van der Waals surface area contributed by atoms with Gasteiger partial charge in [0, 0.05) is 25.1 Å². The number of carbonyl (C=O) groups is 1. The largest absolute Gasteiger partial charge is 0.496 e. The third-order valence-corrected chi connectivity index (χ3v) is 6.17. The maximum atomic E-state index is 12.7. The molecule has 156 valence electrons. The molecule has 2 aromatic carbocycles. The van der Waals surface area contributed by atoms with Crippen molar-refractivity contribution in [2.45, 2.75) is 37.0 Å². The summed E-state index contributed by atoms with van der Waals surface area (Å²) in [5, 5.41) is 9.65. The number of benzene rings is 2. The molecule has 1 fully saturated rings. The van der Waals surface area contributed by atoms with Crippen molar-refractivity contribution < 1.29 is 9.53 Å². The van der Waals surface area contributed by atoms with Crippen LogP contribution in [0.5, 0.6) is 5.75 Å². The van der Waals surface area contributed by atoms with Gasteiger partial charge in [-0.3, -0.25) is 4.79 Å². The van der Waals surface area contributed by atoms with Gasteiger partial charge in [-0.15, -0.1) is 10.2 Å². The van der Waals surface area contributed by atoms with E-state index in [0.29, 0.717) is 18.2 Å². The number of ether oxygens (including phenoxy) is 1. The molecule has 0 spiro atoms.